The maximum absolute atomic E-state index is 12.2. The number of ether oxygens (including phenoxy) is 1. The third-order valence-corrected chi connectivity index (χ3v) is 5.74. The summed E-state index contributed by atoms with van der Waals surface area (Å²) in [5.41, 5.74) is 1.97. The van der Waals surface area contributed by atoms with Crippen molar-refractivity contribution < 1.29 is 14.0 Å². The Morgan fingerprint density at radius 1 is 0.852 bits per heavy atom. The van der Waals surface area contributed by atoms with Crippen molar-refractivity contribution in [3.63, 3.8) is 0 Å². The van der Waals surface area contributed by atoms with Crippen molar-refractivity contribution in [2.24, 2.45) is 0 Å². The molecule has 4 nitrogen and oxygen atoms in total. The van der Waals surface area contributed by atoms with Gasteiger partial charge >= 0.3 is 6.09 Å². The zero-order chi connectivity index (χ0) is 21.3. The van der Waals surface area contributed by atoms with Gasteiger partial charge in [0.25, 0.3) is 0 Å². The molecule has 0 unspecified atom stereocenters. The molecule has 1 amide bonds. The van der Waals surface area contributed by atoms with Gasteiger partial charge in [-0.25, -0.2) is 4.79 Å². The first-order valence-corrected chi connectivity index (χ1v) is 11.0. The van der Waals surface area contributed by atoms with Gasteiger partial charge in [0.15, 0.2) is 9.76 Å². The lowest BCUT2D eigenvalue weighted by molar-refractivity contribution is 0.0635. The molecule has 1 aromatic rings. The van der Waals surface area contributed by atoms with E-state index in [-0.39, 0.29) is 10.5 Å². The second-order valence-electron chi connectivity index (χ2n) is 11.0. The Kier molecular flexibility index (Phi) is 6.99. The summed E-state index contributed by atoms with van der Waals surface area (Å²) in [6.07, 6.45) is -0.442. The smallest absolute Gasteiger partial charge is 0.412 e. The van der Waals surface area contributed by atoms with Gasteiger partial charge in [0.2, 0.25) is 0 Å². The molecular formula is C22H39NO3Si. The number of rotatable bonds is 4. The summed E-state index contributed by atoms with van der Waals surface area (Å²) in [4.78, 5) is 12.2. The molecule has 0 radical (unpaired) electrons. The predicted molar refractivity (Wildman–Crippen MR) is 117 cm³/mol. The molecule has 0 aliphatic heterocycles. The predicted octanol–water partition coefficient (Wildman–Crippen LogP) is 5.89. The Morgan fingerprint density at radius 2 is 1.37 bits per heavy atom. The van der Waals surface area contributed by atoms with Crippen molar-refractivity contribution in [2.75, 3.05) is 5.32 Å². The van der Waals surface area contributed by atoms with Gasteiger partial charge in [0.05, 0.1) is 5.60 Å². The summed E-state index contributed by atoms with van der Waals surface area (Å²) >= 11 is 0. The largest absolute Gasteiger partial charge is 0.444 e. The van der Waals surface area contributed by atoms with Crippen LogP contribution in [0.25, 0.3) is 0 Å². The Balaban J connectivity index is 3.23. The molecule has 0 aliphatic rings. The van der Waals surface area contributed by atoms with Crippen LogP contribution in [0.15, 0.2) is 18.2 Å². The minimum atomic E-state index is -0.714. The number of amides is 1. The van der Waals surface area contributed by atoms with Crippen LogP contribution in [0.2, 0.25) is 5.04 Å². The summed E-state index contributed by atoms with van der Waals surface area (Å²) in [7, 11) is -0.714. The van der Waals surface area contributed by atoms with Gasteiger partial charge < -0.3 is 9.16 Å². The van der Waals surface area contributed by atoms with Crippen LogP contribution < -0.4 is 5.32 Å². The monoisotopic (exact) mass is 393 g/mol. The first-order valence-electron chi connectivity index (χ1n) is 9.69. The Morgan fingerprint density at radius 3 is 1.81 bits per heavy atom. The van der Waals surface area contributed by atoms with Crippen LogP contribution in [-0.4, -0.2) is 21.5 Å². The number of benzene rings is 1. The molecule has 27 heavy (non-hydrogen) atoms. The van der Waals surface area contributed by atoms with Crippen LogP contribution >= 0.6 is 0 Å². The third-order valence-electron chi connectivity index (χ3n) is 4.01. The molecule has 0 aromatic heterocycles. The van der Waals surface area contributed by atoms with Crippen molar-refractivity contribution in [1.29, 1.82) is 0 Å². The van der Waals surface area contributed by atoms with Crippen molar-refractivity contribution in [2.45, 2.75) is 97.8 Å². The second-order valence-corrected chi connectivity index (χ2v) is 13.7. The summed E-state index contributed by atoms with van der Waals surface area (Å²) in [6.45, 7) is 22.9. The van der Waals surface area contributed by atoms with E-state index in [1.165, 1.54) is 0 Å². The fourth-order valence-electron chi connectivity index (χ4n) is 2.38. The molecule has 0 spiro atoms. The van der Waals surface area contributed by atoms with E-state index in [2.05, 4.69) is 66.8 Å². The van der Waals surface area contributed by atoms with Crippen LogP contribution in [0.5, 0.6) is 0 Å². The molecule has 0 saturated carbocycles. The minimum Gasteiger partial charge on any atom is -0.444 e. The first-order chi connectivity index (χ1) is 11.9. The highest BCUT2D eigenvalue weighted by molar-refractivity contribution is 6.31. The zero-order valence-corrected chi connectivity index (χ0v) is 20.6. The lowest BCUT2D eigenvalue weighted by Crippen LogP contribution is -2.29. The average molecular weight is 394 g/mol. The lowest BCUT2D eigenvalue weighted by Gasteiger charge is -2.32. The molecule has 5 heteroatoms. The van der Waals surface area contributed by atoms with Crippen LogP contribution in [-0.2, 0) is 20.2 Å². The van der Waals surface area contributed by atoms with Crippen molar-refractivity contribution in [3.05, 3.63) is 29.3 Å². The third kappa shape index (κ3) is 8.48. The molecule has 1 aromatic carbocycles. The van der Waals surface area contributed by atoms with E-state index in [1.54, 1.807) is 0 Å². The van der Waals surface area contributed by atoms with Gasteiger partial charge in [-0.2, -0.15) is 0 Å². The van der Waals surface area contributed by atoms with E-state index in [1.807, 2.05) is 32.9 Å². The van der Waals surface area contributed by atoms with Gasteiger partial charge in [0.1, 0.15) is 5.60 Å². The maximum atomic E-state index is 12.2. The molecule has 154 valence electrons. The highest BCUT2D eigenvalue weighted by Crippen LogP contribution is 2.34. The standard InChI is InChI=1S/C22H39NO3Si/c1-19(2,3)15-12-16(22(10,11)26-27-21(7,8)9)14-17(13-15)23-18(24)25-20(4,5)6/h12-14H,27H2,1-11H3,(H,23,24). The van der Waals surface area contributed by atoms with Gasteiger partial charge in [-0.1, -0.05) is 47.6 Å². The molecule has 0 bridgehead atoms. The summed E-state index contributed by atoms with van der Waals surface area (Å²) < 4.78 is 11.8. The fourth-order valence-corrected chi connectivity index (χ4v) is 3.34. The average Bonchev–Trinajstić information content (AvgIpc) is 2.41. The first kappa shape index (κ1) is 23.7. The second kappa shape index (κ2) is 7.96. The van der Waals surface area contributed by atoms with E-state index < -0.39 is 27.1 Å². The highest BCUT2D eigenvalue weighted by Gasteiger charge is 2.27. The number of hydrogen-bond donors (Lipinski definition) is 1. The SMILES string of the molecule is CC(C)(C)OC(=O)Nc1cc(C(C)(C)C)cc(C(C)(C)O[SiH2]C(C)(C)C)c1. The van der Waals surface area contributed by atoms with Crippen LogP contribution in [0.1, 0.15) is 87.3 Å². The van der Waals surface area contributed by atoms with E-state index in [0.29, 0.717) is 0 Å². The molecular weight excluding hydrogens is 354 g/mol. The van der Waals surface area contributed by atoms with E-state index in [4.69, 9.17) is 9.16 Å². The minimum absolute atomic E-state index is 0.0437. The number of nitrogens with one attached hydrogen (secondary N) is 1. The van der Waals surface area contributed by atoms with Crippen molar-refractivity contribution in [1.82, 2.24) is 0 Å². The molecule has 0 atom stereocenters. The number of anilines is 1. The molecule has 1 rings (SSSR count). The number of carbonyl (C=O) groups is 1. The van der Waals surface area contributed by atoms with Crippen molar-refractivity contribution in [3.8, 4) is 0 Å². The summed E-state index contributed by atoms with van der Waals surface area (Å²) in [6, 6.07) is 6.21. The molecule has 0 aliphatic carbocycles. The Hall–Kier alpha value is -1.33. The molecule has 0 fully saturated rings. The summed E-state index contributed by atoms with van der Waals surface area (Å²) in [5, 5.41) is 3.11. The van der Waals surface area contributed by atoms with E-state index >= 15 is 0 Å². The molecule has 0 saturated heterocycles. The van der Waals surface area contributed by atoms with Gasteiger partial charge in [-0.3, -0.25) is 5.32 Å². The Bertz CT molecular complexity index is 662. The zero-order valence-electron chi connectivity index (χ0n) is 19.2. The normalized spacial score (nSPS) is 13.9. The van der Waals surface area contributed by atoms with Crippen LogP contribution in [0, 0.1) is 0 Å². The van der Waals surface area contributed by atoms with Crippen LogP contribution in [0.4, 0.5) is 10.5 Å². The molecule has 0 heterocycles. The van der Waals surface area contributed by atoms with Gasteiger partial charge in [-0.05, 0) is 68.3 Å². The fraction of sp³-hybridized carbons (Fsp3) is 0.682. The number of hydrogen-bond acceptors (Lipinski definition) is 3. The molecule has 1 N–H and O–H groups in total. The quantitative estimate of drug-likeness (QED) is 0.649. The van der Waals surface area contributed by atoms with Crippen molar-refractivity contribution >= 4 is 21.5 Å². The van der Waals surface area contributed by atoms with Crippen LogP contribution in [0.3, 0.4) is 0 Å². The van der Waals surface area contributed by atoms with E-state index in [0.717, 1.165) is 16.8 Å². The topological polar surface area (TPSA) is 47.6 Å². The van der Waals surface area contributed by atoms with E-state index in [9.17, 15) is 4.79 Å². The van der Waals surface area contributed by atoms with Gasteiger partial charge in [-0.15, -0.1) is 0 Å². The Labute approximate surface area is 168 Å². The lowest BCUT2D eigenvalue weighted by atomic mass is 9.83. The van der Waals surface area contributed by atoms with Gasteiger partial charge in [0, 0.05) is 5.69 Å². The maximum Gasteiger partial charge on any atom is 0.412 e. The highest BCUT2D eigenvalue weighted by atomic mass is 28.2. The summed E-state index contributed by atoms with van der Waals surface area (Å²) in [5.74, 6) is 0. The number of carbonyl (C=O) groups excluding carboxylic acids is 1.